The third-order valence-electron chi connectivity index (χ3n) is 13.5. The first-order valence-corrected chi connectivity index (χ1v) is 23.1. The number of piperidine rings is 2. The zero-order valence-corrected chi connectivity index (χ0v) is 37.9. The van der Waals surface area contributed by atoms with E-state index in [1.807, 2.05) is 34.1 Å². The molecule has 2 fully saturated rings. The van der Waals surface area contributed by atoms with Crippen LogP contribution in [0.15, 0.2) is 58.8 Å². The summed E-state index contributed by atoms with van der Waals surface area (Å²) in [5, 5.41) is 26.0. The van der Waals surface area contributed by atoms with Gasteiger partial charge in [-0.2, -0.15) is 5.10 Å². The van der Waals surface area contributed by atoms with E-state index in [4.69, 9.17) is 0 Å². The minimum absolute atomic E-state index is 0.0660. The number of para-hydroxylation sites is 1. The lowest BCUT2D eigenvalue weighted by Gasteiger charge is -2.39. The molecule has 2 saturated heterocycles. The Bertz CT molecular complexity index is 2610. The summed E-state index contributed by atoms with van der Waals surface area (Å²) in [6.07, 6.45) is 8.38. The SMILES string of the molecule is CNC(=O)N1CCC(NC2CCN(C(=O)CCCCCCNc3cccc4c3n(C)c(=O)n4C3CCC(=O)NC3=O)CC2)=C(C(=N)N2CCCc3cc(-c4cnn(C)c4)c(C(F)F)cc32)C1. The van der Waals surface area contributed by atoms with E-state index < -0.39 is 18.4 Å². The van der Waals surface area contributed by atoms with Crippen LogP contribution in [0.4, 0.5) is 25.0 Å². The van der Waals surface area contributed by atoms with Crippen molar-refractivity contribution in [3.05, 3.63) is 75.6 Å². The fraction of sp³-hybridized carbons (Fsp3) is 0.511. The molecule has 8 rings (SSSR count). The molecule has 0 saturated carbocycles. The second kappa shape index (κ2) is 19.9. The molecule has 0 radical (unpaired) electrons. The van der Waals surface area contributed by atoms with E-state index in [-0.39, 0.29) is 60.4 Å². The molecule has 0 bridgehead atoms. The summed E-state index contributed by atoms with van der Waals surface area (Å²) in [6, 6.07) is 7.99. The Balaban J connectivity index is 0.834. The number of amidine groups is 1. The molecule has 1 atom stereocenters. The summed E-state index contributed by atoms with van der Waals surface area (Å²) in [5.41, 5.74) is 5.77. The number of carbonyl (C=O) groups is 4. The number of alkyl halides is 2. The number of imidazole rings is 1. The van der Waals surface area contributed by atoms with Crippen LogP contribution in [-0.4, -0.2) is 111 Å². The number of benzene rings is 2. The number of rotatable bonds is 14. The number of anilines is 2. The van der Waals surface area contributed by atoms with E-state index in [2.05, 4.69) is 26.4 Å². The molecule has 0 aliphatic carbocycles. The number of hydrogen-bond acceptors (Lipinski definition) is 9. The van der Waals surface area contributed by atoms with Crippen molar-refractivity contribution in [2.24, 2.45) is 14.1 Å². The lowest BCUT2D eigenvalue weighted by atomic mass is 9.92. The van der Waals surface area contributed by atoms with Crippen LogP contribution in [0.25, 0.3) is 22.2 Å². The van der Waals surface area contributed by atoms with Crippen molar-refractivity contribution in [1.29, 1.82) is 5.41 Å². The van der Waals surface area contributed by atoms with Crippen molar-refractivity contribution < 1.29 is 28.0 Å². The quantitative estimate of drug-likeness (QED) is 0.0482. The van der Waals surface area contributed by atoms with Crippen LogP contribution < -0.4 is 31.9 Å². The Morgan fingerprint density at radius 1 is 0.955 bits per heavy atom. The first-order chi connectivity index (χ1) is 31.8. The number of nitrogens with zero attached hydrogens (tertiary/aromatic N) is 7. The number of amides is 5. The summed E-state index contributed by atoms with van der Waals surface area (Å²) in [5.74, 6) is -0.468. The summed E-state index contributed by atoms with van der Waals surface area (Å²) in [4.78, 5) is 69.1. The molecule has 5 N–H and O–H groups in total. The molecule has 352 valence electrons. The van der Waals surface area contributed by atoms with Gasteiger partial charge in [-0.25, -0.2) is 18.4 Å². The highest BCUT2D eigenvalue weighted by Gasteiger charge is 2.34. The van der Waals surface area contributed by atoms with Gasteiger partial charge < -0.3 is 30.7 Å². The van der Waals surface area contributed by atoms with Crippen LogP contribution in [0.2, 0.25) is 0 Å². The van der Waals surface area contributed by atoms with Gasteiger partial charge in [0.2, 0.25) is 17.7 Å². The van der Waals surface area contributed by atoms with Gasteiger partial charge in [-0.15, -0.1) is 0 Å². The second-order valence-electron chi connectivity index (χ2n) is 17.8. The monoisotopic (exact) mass is 910 g/mol. The summed E-state index contributed by atoms with van der Waals surface area (Å²) in [7, 11) is 5.01. The number of likely N-dealkylation sites (tertiary alicyclic amines) is 1. The van der Waals surface area contributed by atoms with Gasteiger partial charge in [-0.3, -0.25) is 38.9 Å². The fourth-order valence-corrected chi connectivity index (χ4v) is 9.97. The zero-order valence-electron chi connectivity index (χ0n) is 37.9. The standard InChI is InChI=1S/C47H60F2N12O5/c1-51-46(65)59-23-18-35(34(28-59)44(50)60-20-9-10-29-24-32(30-26-53-56(2)27-30)33(43(48)49)25-39(29)60)54-31-16-21-58(22-17-31)41(63)13-6-4-5-7-19-52-36-11-8-12-37-42(36)57(3)47(66)61(37)38-14-15-40(62)55-45(38)64/h8,11-12,24-27,31,38,43,50,52,54H,4-7,9-10,13-23,28H2,1-3H3,(H,51,65)(H,55,62,64). The number of imide groups is 1. The van der Waals surface area contributed by atoms with Gasteiger partial charge in [-0.05, 0) is 80.3 Å². The highest BCUT2D eigenvalue weighted by atomic mass is 19.3. The molecule has 4 aliphatic rings. The Hall–Kier alpha value is -6.53. The van der Waals surface area contributed by atoms with Gasteiger partial charge in [0, 0.05) is 113 Å². The van der Waals surface area contributed by atoms with Crippen molar-refractivity contribution in [3.8, 4) is 11.1 Å². The average Bonchev–Trinajstić information content (AvgIpc) is 3.87. The number of nitrogens with one attached hydrogen (secondary N) is 5. The summed E-state index contributed by atoms with van der Waals surface area (Å²) < 4.78 is 33.8. The molecule has 5 amide bonds. The molecule has 17 nitrogen and oxygen atoms in total. The normalized spacial score (nSPS) is 18.2. The van der Waals surface area contributed by atoms with Gasteiger partial charge in [-0.1, -0.05) is 18.9 Å². The maximum Gasteiger partial charge on any atom is 0.329 e. The van der Waals surface area contributed by atoms with Crippen LogP contribution in [0.1, 0.15) is 94.2 Å². The predicted molar refractivity (Wildman–Crippen MR) is 248 cm³/mol. The van der Waals surface area contributed by atoms with Crippen molar-refractivity contribution in [1.82, 2.24) is 44.7 Å². The molecule has 66 heavy (non-hydrogen) atoms. The number of aryl methyl sites for hydroxylation is 3. The Morgan fingerprint density at radius 2 is 1.74 bits per heavy atom. The van der Waals surface area contributed by atoms with Gasteiger partial charge in [0.05, 0.1) is 29.5 Å². The summed E-state index contributed by atoms with van der Waals surface area (Å²) in [6.45, 7) is 3.04. The fourth-order valence-electron chi connectivity index (χ4n) is 9.97. The van der Waals surface area contributed by atoms with Crippen molar-refractivity contribution in [2.75, 3.05) is 56.5 Å². The first-order valence-electron chi connectivity index (χ1n) is 23.1. The van der Waals surface area contributed by atoms with Gasteiger partial charge >= 0.3 is 11.7 Å². The van der Waals surface area contributed by atoms with E-state index >= 15 is 0 Å². The number of urea groups is 1. The van der Waals surface area contributed by atoms with Crippen LogP contribution in [0.5, 0.6) is 0 Å². The third-order valence-corrected chi connectivity index (χ3v) is 13.5. The average molecular weight is 911 g/mol. The number of hydrogen-bond donors (Lipinski definition) is 5. The number of aromatic nitrogens is 4. The molecule has 4 aliphatic heterocycles. The van der Waals surface area contributed by atoms with E-state index in [1.165, 1.54) is 15.2 Å². The minimum atomic E-state index is -2.73. The van der Waals surface area contributed by atoms with E-state index in [0.29, 0.717) is 85.4 Å². The smallest absolute Gasteiger partial charge is 0.329 e. The molecule has 1 unspecified atom stereocenters. The summed E-state index contributed by atoms with van der Waals surface area (Å²) >= 11 is 0. The van der Waals surface area contributed by atoms with E-state index in [9.17, 15) is 38.2 Å². The molecular weight excluding hydrogens is 851 g/mol. The molecule has 6 heterocycles. The Morgan fingerprint density at radius 3 is 2.47 bits per heavy atom. The van der Waals surface area contributed by atoms with Crippen LogP contribution in [-0.2, 0) is 34.9 Å². The number of halogens is 2. The van der Waals surface area contributed by atoms with Gasteiger partial charge in [0.15, 0.2) is 0 Å². The number of fused-ring (bicyclic) bond motifs is 2. The van der Waals surface area contributed by atoms with Crippen LogP contribution >= 0.6 is 0 Å². The van der Waals surface area contributed by atoms with Crippen LogP contribution in [0, 0.1) is 5.41 Å². The topological polar surface area (TPSA) is 195 Å². The van der Waals surface area contributed by atoms with Gasteiger partial charge in [0.25, 0.3) is 6.43 Å². The number of unbranched alkanes of at least 4 members (excludes halogenated alkanes) is 3. The van der Waals surface area contributed by atoms with Crippen molar-refractivity contribution in [3.63, 3.8) is 0 Å². The second-order valence-corrected chi connectivity index (χ2v) is 17.8. The molecule has 2 aromatic carbocycles. The first kappa shape index (κ1) is 46.0. The zero-order chi connectivity index (χ0) is 46.6. The lowest BCUT2D eigenvalue weighted by molar-refractivity contribution is -0.136. The molecule has 0 spiro atoms. The van der Waals surface area contributed by atoms with E-state index in [1.54, 1.807) is 43.1 Å². The predicted octanol–water partition coefficient (Wildman–Crippen LogP) is 5.33. The lowest BCUT2D eigenvalue weighted by Crippen LogP contribution is -2.50. The minimum Gasteiger partial charge on any atom is -0.385 e. The molecule has 2 aromatic heterocycles. The number of carbonyl (C=O) groups excluding carboxylic acids is 4. The van der Waals surface area contributed by atoms with Crippen molar-refractivity contribution >= 4 is 52.0 Å². The van der Waals surface area contributed by atoms with Crippen molar-refractivity contribution in [2.45, 2.75) is 95.6 Å². The highest BCUT2D eigenvalue weighted by molar-refractivity contribution is 6.09. The largest absolute Gasteiger partial charge is 0.385 e. The van der Waals surface area contributed by atoms with Crippen LogP contribution in [0.3, 0.4) is 0 Å². The third kappa shape index (κ3) is 9.56. The molecule has 19 heteroatoms. The maximum absolute atomic E-state index is 14.6. The Labute approximate surface area is 382 Å². The molecule has 4 aromatic rings. The molecular formula is C47H60F2N12O5. The van der Waals surface area contributed by atoms with Gasteiger partial charge in [0.1, 0.15) is 11.9 Å². The Kier molecular flexibility index (Phi) is 13.9. The van der Waals surface area contributed by atoms with E-state index in [0.717, 1.165) is 61.9 Å². The maximum atomic E-state index is 14.6. The highest BCUT2D eigenvalue weighted by Crippen LogP contribution is 2.40.